The Morgan fingerprint density at radius 3 is 2.68 bits per heavy atom. The molecule has 0 radical (unpaired) electrons. The minimum absolute atomic E-state index is 0.0235. The van der Waals surface area contributed by atoms with Gasteiger partial charge < -0.3 is 20.1 Å². The molecule has 0 bridgehead atoms. The lowest BCUT2D eigenvalue weighted by molar-refractivity contribution is 0.281. The first-order valence-corrected chi connectivity index (χ1v) is 9.18. The van der Waals surface area contributed by atoms with Crippen molar-refractivity contribution in [2.45, 2.75) is 13.0 Å². The van der Waals surface area contributed by atoms with E-state index in [2.05, 4.69) is 32.4 Å². The summed E-state index contributed by atoms with van der Waals surface area (Å²) in [5.41, 5.74) is 4.65. The molecule has 0 amide bonds. The van der Waals surface area contributed by atoms with Gasteiger partial charge in [0.2, 0.25) is 0 Å². The van der Waals surface area contributed by atoms with Crippen LogP contribution in [-0.4, -0.2) is 33.7 Å². The van der Waals surface area contributed by atoms with Gasteiger partial charge in [-0.2, -0.15) is 0 Å². The molecule has 142 valence electrons. The summed E-state index contributed by atoms with van der Waals surface area (Å²) in [7, 11) is 1.62. The number of aliphatic hydroxyl groups is 1. The molecule has 0 unspecified atom stereocenters. The van der Waals surface area contributed by atoms with Crippen molar-refractivity contribution >= 4 is 16.9 Å². The van der Waals surface area contributed by atoms with Gasteiger partial charge in [0, 0.05) is 12.1 Å². The second kappa shape index (κ2) is 8.10. The molecule has 4 rings (SSSR count). The number of nitrogens with one attached hydrogen (secondary N) is 2. The Bertz CT molecular complexity index is 1080. The summed E-state index contributed by atoms with van der Waals surface area (Å²) in [6.45, 7) is 0.759. The molecule has 28 heavy (non-hydrogen) atoms. The highest BCUT2D eigenvalue weighted by molar-refractivity contribution is 5.92. The fourth-order valence-corrected chi connectivity index (χ4v) is 3.25. The van der Waals surface area contributed by atoms with Crippen LogP contribution in [0.2, 0.25) is 0 Å². The third-order valence-corrected chi connectivity index (χ3v) is 4.71. The Labute approximate surface area is 163 Å². The number of aromatic nitrogens is 3. The number of fused-ring (bicyclic) bond motifs is 1. The van der Waals surface area contributed by atoms with Crippen LogP contribution in [0.1, 0.15) is 11.1 Å². The summed E-state index contributed by atoms with van der Waals surface area (Å²) in [6, 6.07) is 18.0. The Hall–Kier alpha value is -3.38. The molecule has 0 aliphatic rings. The molecule has 0 aliphatic carbocycles. The molecule has 0 fully saturated rings. The van der Waals surface area contributed by atoms with Crippen molar-refractivity contribution in [2.24, 2.45) is 0 Å². The van der Waals surface area contributed by atoms with Crippen LogP contribution in [0.3, 0.4) is 0 Å². The van der Waals surface area contributed by atoms with Crippen LogP contribution < -0.4 is 10.1 Å². The van der Waals surface area contributed by atoms with Crippen molar-refractivity contribution in [3.63, 3.8) is 0 Å². The first kappa shape index (κ1) is 18.0. The van der Waals surface area contributed by atoms with E-state index in [9.17, 15) is 5.11 Å². The zero-order chi connectivity index (χ0) is 19.3. The van der Waals surface area contributed by atoms with Crippen molar-refractivity contribution in [1.29, 1.82) is 0 Å². The van der Waals surface area contributed by atoms with Crippen LogP contribution in [0, 0.1) is 0 Å². The summed E-state index contributed by atoms with van der Waals surface area (Å²) >= 11 is 0. The van der Waals surface area contributed by atoms with E-state index in [1.54, 1.807) is 13.4 Å². The number of benzene rings is 2. The first-order valence-electron chi connectivity index (χ1n) is 9.18. The Balaban J connectivity index is 1.60. The molecule has 0 saturated carbocycles. The maximum absolute atomic E-state index is 9.34. The highest BCUT2D eigenvalue weighted by Crippen LogP contribution is 2.33. The average Bonchev–Trinajstić information content (AvgIpc) is 3.19. The molecule has 0 aliphatic heterocycles. The van der Waals surface area contributed by atoms with E-state index >= 15 is 0 Å². The fourth-order valence-electron chi connectivity index (χ4n) is 3.25. The Morgan fingerprint density at radius 2 is 1.89 bits per heavy atom. The van der Waals surface area contributed by atoms with Crippen molar-refractivity contribution < 1.29 is 9.84 Å². The SMILES string of the molecule is COc1cc(CO)ccc1-c1cc2c(NCCc3ccccc3)ncnc2[nH]1. The lowest BCUT2D eigenvalue weighted by Gasteiger charge is -2.08. The smallest absolute Gasteiger partial charge is 0.143 e. The van der Waals surface area contributed by atoms with Crippen LogP contribution in [-0.2, 0) is 13.0 Å². The number of hydrogen-bond donors (Lipinski definition) is 3. The third kappa shape index (κ3) is 3.68. The summed E-state index contributed by atoms with van der Waals surface area (Å²) in [6.07, 6.45) is 2.47. The number of methoxy groups -OCH3 is 1. The predicted molar refractivity (Wildman–Crippen MR) is 110 cm³/mol. The molecule has 0 spiro atoms. The Morgan fingerprint density at radius 1 is 1.04 bits per heavy atom. The number of nitrogens with zero attached hydrogens (tertiary/aromatic N) is 2. The van der Waals surface area contributed by atoms with E-state index < -0.39 is 0 Å². The molecule has 2 heterocycles. The van der Waals surface area contributed by atoms with Gasteiger partial charge in [-0.05, 0) is 35.7 Å². The fraction of sp³-hybridized carbons (Fsp3) is 0.182. The van der Waals surface area contributed by atoms with Gasteiger partial charge in [-0.15, -0.1) is 0 Å². The second-order valence-electron chi connectivity index (χ2n) is 6.52. The van der Waals surface area contributed by atoms with Gasteiger partial charge >= 0.3 is 0 Å². The van der Waals surface area contributed by atoms with E-state index in [1.807, 2.05) is 42.5 Å². The molecule has 0 saturated heterocycles. The van der Waals surface area contributed by atoms with Gasteiger partial charge in [0.05, 0.1) is 24.8 Å². The number of hydrogen-bond acceptors (Lipinski definition) is 5. The van der Waals surface area contributed by atoms with Gasteiger partial charge in [-0.1, -0.05) is 36.4 Å². The highest BCUT2D eigenvalue weighted by atomic mass is 16.5. The van der Waals surface area contributed by atoms with Crippen LogP contribution in [0.5, 0.6) is 5.75 Å². The van der Waals surface area contributed by atoms with Gasteiger partial charge in [0.1, 0.15) is 23.5 Å². The minimum atomic E-state index is -0.0235. The van der Waals surface area contributed by atoms with Crippen molar-refractivity contribution in [1.82, 2.24) is 15.0 Å². The molecular formula is C22H22N4O2. The van der Waals surface area contributed by atoms with E-state index in [-0.39, 0.29) is 6.61 Å². The van der Waals surface area contributed by atoms with E-state index in [4.69, 9.17) is 4.74 Å². The number of aromatic amines is 1. The molecule has 6 nitrogen and oxygen atoms in total. The molecule has 3 N–H and O–H groups in total. The topological polar surface area (TPSA) is 83.1 Å². The third-order valence-electron chi connectivity index (χ3n) is 4.71. The highest BCUT2D eigenvalue weighted by Gasteiger charge is 2.13. The largest absolute Gasteiger partial charge is 0.496 e. The molecular weight excluding hydrogens is 352 g/mol. The minimum Gasteiger partial charge on any atom is -0.496 e. The van der Waals surface area contributed by atoms with Crippen LogP contribution in [0.25, 0.3) is 22.3 Å². The number of aliphatic hydroxyl groups excluding tert-OH is 1. The summed E-state index contributed by atoms with van der Waals surface area (Å²) in [4.78, 5) is 12.1. The van der Waals surface area contributed by atoms with E-state index in [0.717, 1.165) is 46.6 Å². The average molecular weight is 374 g/mol. The van der Waals surface area contributed by atoms with Crippen LogP contribution in [0.15, 0.2) is 60.9 Å². The van der Waals surface area contributed by atoms with Crippen molar-refractivity contribution in [3.05, 3.63) is 72.1 Å². The van der Waals surface area contributed by atoms with E-state index in [0.29, 0.717) is 5.75 Å². The van der Waals surface area contributed by atoms with Crippen molar-refractivity contribution in [3.8, 4) is 17.0 Å². The second-order valence-corrected chi connectivity index (χ2v) is 6.52. The van der Waals surface area contributed by atoms with Gasteiger partial charge in [-0.3, -0.25) is 0 Å². The van der Waals surface area contributed by atoms with Crippen LogP contribution >= 0.6 is 0 Å². The molecule has 2 aromatic heterocycles. The Kier molecular flexibility index (Phi) is 5.21. The molecule has 0 atom stereocenters. The van der Waals surface area contributed by atoms with Crippen molar-refractivity contribution in [2.75, 3.05) is 19.0 Å². The standard InChI is InChI=1S/C22H22N4O2/c1-28-20-11-16(13-27)7-8-17(20)19-12-18-21(24-14-25-22(18)26-19)23-10-9-15-5-3-2-4-6-15/h2-8,11-12,14,27H,9-10,13H2,1H3,(H2,23,24,25,26). The monoisotopic (exact) mass is 374 g/mol. The first-order chi connectivity index (χ1) is 13.8. The lowest BCUT2D eigenvalue weighted by Crippen LogP contribution is -2.06. The van der Waals surface area contributed by atoms with Gasteiger partial charge in [-0.25, -0.2) is 9.97 Å². The lowest BCUT2D eigenvalue weighted by atomic mass is 10.1. The molecule has 4 aromatic rings. The van der Waals surface area contributed by atoms with Crippen LogP contribution in [0.4, 0.5) is 5.82 Å². The number of ether oxygens (including phenoxy) is 1. The molecule has 6 heteroatoms. The normalized spacial score (nSPS) is 10.9. The van der Waals surface area contributed by atoms with E-state index in [1.165, 1.54) is 5.56 Å². The maximum Gasteiger partial charge on any atom is 0.143 e. The predicted octanol–water partition coefficient (Wildman–Crippen LogP) is 3.78. The maximum atomic E-state index is 9.34. The van der Waals surface area contributed by atoms with Gasteiger partial charge in [0.25, 0.3) is 0 Å². The summed E-state index contributed by atoms with van der Waals surface area (Å²) in [5.74, 6) is 1.50. The zero-order valence-corrected chi connectivity index (χ0v) is 15.6. The number of anilines is 1. The summed E-state index contributed by atoms with van der Waals surface area (Å²) < 4.78 is 5.50. The summed E-state index contributed by atoms with van der Waals surface area (Å²) in [5, 5.41) is 13.7. The number of H-pyrrole nitrogens is 1. The zero-order valence-electron chi connectivity index (χ0n) is 15.6. The quantitative estimate of drug-likeness (QED) is 0.459. The van der Waals surface area contributed by atoms with Gasteiger partial charge in [0.15, 0.2) is 0 Å². The number of rotatable bonds is 7. The molecule has 2 aromatic carbocycles.